The first-order valence-corrected chi connectivity index (χ1v) is 11.6. The summed E-state index contributed by atoms with van der Waals surface area (Å²) in [6.45, 7) is 6.28. The van der Waals surface area contributed by atoms with E-state index in [4.69, 9.17) is 16.3 Å². The topological polar surface area (TPSA) is 75.7 Å². The van der Waals surface area contributed by atoms with Gasteiger partial charge in [-0.2, -0.15) is 0 Å². The van der Waals surface area contributed by atoms with E-state index in [1.807, 2.05) is 31.2 Å². The number of amides is 1. The molecule has 158 valence electrons. The standard InChI is InChI=1S/C21H27ClN2O4S/c1-5-19(21(25)23-14-16-8-7-9-18(12-16)28-6-2)24(29(4,26)27)20-13-17(22)11-10-15(20)3/h7-13,19H,5-6,14H2,1-4H3,(H,23,25). The fourth-order valence-electron chi connectivity index (χ4n) is 3.07. The summed E-state index contributed by atoms with van der Waals surface area (Å²) in [5.41, 5.74) is 1.99. The second-order valence-electron chi connectivity index (χ2n) is 6.71. The summed E-state index contributed by atoms with van der Waals surface area (Å²) in [6.07, 6.45) is 1.40. The first-order valence-electron chi connectivity index (χ1n) is 9.42. The van der Waals surface area contributed by atoms with Gasteiger partial charge in [0, 0.05) is 11.6 Å². The van der Waals surface area contributed by atoms with Crippen LogP contribution in [0, 0.1) is 6.92 Å². The van der Waals surface area contributed by atoms with Crippen molar-refractivity contribution in [3.8, 4) is 5.75 Å². The highest BCUT2D eigenvalue weighted by Gasteiger charge is 2.32. The molecule has 1 amide bonds. The lowest BCUT2D eigenvalue weighted by molar-refractivity contribution is -0.122. The van der Waals surface area contributed by atoms with Crippen molar-refractivity contribution in [1.82, 2.24) is 5.32 Å². The highest BCUT2D eigenvalue weighted by atomic mass is 35.5. The molecule has 0 fully saturated rings. The van der Waals surface area contributed by atoms with E-state index in [-0.39, 0.29) is 12.5 Å². The molecule has 0 radical (unpaired) electrons. The van der Waals surface area contributed by atoms with E-state index in [1.165, 1.54) is 0 Å². The van der Waals surface area contributed by atoms with Crippen LogP contribution in [0.5, 0.6) is 5.75 Å². The second kappa shape index (κ2) is 9.98. The summed E-state index contributed by atoms with van der Waals surface area (Å²) >= 11 is 6.09. The average Bonchev–Trinajstić information content (AvgIpc) is 2.66. The van der Waals surface area contributed by atoms with Gasteiger partial charge in [0.05, 0.1) is 18.6 Å². The Morgan fingerprint density at radius 1 is 1.21 bits per heavy atom. The van der Waals surface area contributed by atoms with Crippen LogP contribution >= 0.6 is 11.6 Å². The van der Waals surface area contributed by atoms with Gasteiger partial charge in [0.25, 0.3) is 0 Å². The van der Waals surface area contributed by atoms with Crippen LogP contribution in [0.4, 0.5) is 5.69 Å². The molecule has 6 nitrogen and oxygen atoms in total. The molecule has 0 spiro atoms. The van der Waals surface area contributed by atoms with Crippen molar-refractivity contribution in [2.75, 3.05) is 17.2 Å². The van der Waals surface area contributed by atoms with E-state index < -0.39 is 16.1 Å². The van der Waals surface area contributed by atoms with Crippen LogP contribution in [0.1, 0.15) is 31.4 Å². The predicted octanol–water partition coefficient (Wildman–Crippen LogP) is 3.91. The molecular weight excluding hydrogens is 412 g/mol. The lowest BCUT2D eigenvalue weighted by Gasteiger charge is -2.31. The van der Waals surface area contributed by atoms with E-state index in [0.717, 1.165) is 27.4 Å². The lowest BCUT2D eigenvalue weighted by Crippen LogP contribution is -2.49. The van der Waals surface area contributed by atoms with Gasteiger partial charge >= 0.3 is 0 Å². The number of aryl methyl sites for hydroxylation is 1. The number of carbonyl (C=O) groups excluding carboxylic acids is 1. The van der Waals surface area contributed by atoms with E-state index in [0.29, 0.717) is 23.7 Å². The van der Waals surface area contributed by atoms with Crippen LogP contribution in [0.2, 0.25) is 5.02 Å². The Morgan fingerprint density at radius 2 is 1.93 bits per heavy atom. The van der Waals surface area contributed by atoms with Gasteiger partial charge in [0.15, 0.2) is 0 Å². The number of rotatable bonds is 9. The molecule has 2 aromatic rings. The van der Waals surface area contributed by atoms with Gasteiger partial charge in [-0.05, 0) is 55.7 Å². The molecule has 29 heavy (non-hydrogen) atoms. The number of ether oxygens (including phenoxy) is 1. The van der Waals surface area contributed by atoms with E-state index in [1.54, 1.807) is 32.0 Å². The maximum Gasteiger partial charge on any atom is 0.244 e. The Bertz CT molecular complexity index is 963. The molecule has 1 N–H and O–H groups in total. The van der Waals surface area contributed by atoms with Crippen LogP contribution in [0.15, 0.2) is 42.5 Å². The van der Waals surface area contributed by atoms with Crippen molar-refractivity contribution in [1.29, 1.82) is 0 Å². The number of anilines is 1. The number of nitrogens with zero attached hydrogens (tertiary/aromatic N) is 1. The minimum Gasteiger partial charge on any atom is -0.494 e. The molecule has 0 heterocycles. The molecule has 0 aliphatic rings. The fourth-order valence-corrected chi connectivity index (χ4v) is 4.50. The molecule has 0 aromatic heterocycles. The van der Waals surface area contributed by atoms with Crippen molar-refractivity contribution in [2.24, 2.45) is 0 Å². The van der Waals surface area contributed by atoms with Crippen LogP contribution in [-0.4, -0.2) is 33.2 Å². The molecular formula is C21H27ClN2O4S. The summed E-state index contributed by atoms with van der Waals surface area (Å²) in [5, 5.41) is 3.25. The Balaban J connectivity index is 2.27. The quantitative estimate of drug-likeness (QED) is 0.644. The second-order valence-corrected chi connectivity index (χ2v) is 9.01. The van der Waals surface area contributed by atoms with Crippen molar-refractivity contribution in [3.63, 3.8) is 0 Å². The van der Waals surface area contributed by atoms with Crippen molar-refractivity contribution < 1.29 is 17.9 Å². The molecule has 1 atom stereocenters. The minimum atomic E-state index is -3.72. The number of benzene rings is 2. The lowest BCUT2D eigenvalue weighted by atomic mass is 10.1. The number of carbonyl (C=O) groups is 1. The Labute approximate surface area is 177 Å². The maximum atomic E-state index is 12.9. The largest absolute Gasteiger partial charge is 0.494 e. The minimum absolute atomic E-state index is 0.266. The summed E-state index contributed by atoms with van der Waals surface area (Å²) < 4.78 is 31.8. The summed E-state index contributed by atoms with van der Waals surface area (Å²) in [7, 11) is -3.72. The number of halogens is 1. The van der Waals surface area contributed by atoms with Crippen LogP contribution in [0.3, 0.4) is 0 Å². The zero-order chi connectivity index (χ0) is 21.6. The van der Waals surface area contributed by atoms with E-state index >= 15 is 0 Å². The van der Waals surface area contributed by atoms with Crippen LogP contribution in [0.25, 0.3) is 0 Å². The smallest absolute Gasteiger partial charge is 0.244 e. The highest BCUT2D eigenvalue weighted by molar-refractivity contribution is 7.92. The van der Waals surface area contributed by atoms with Gasteiger partial charge in [-0.1, -0.05) is 36.7 Å². The van der Waals surface area contributed by atoms with Crippen molar-refractivity contribution in [3.05, 3.63) is 58.6 Å². The molecule has 0 aliphatic heterocycles. The summed E-state index contributed by atoms with van der Waals surface area (Å²) in [5.74, 6) is 0.345. The Kier molecular flexibility index (Phi) is 7.93. The SMILES string of the molecule is CCOc1cccc(CNC(=O)C(CC)N(c2cc(Cl)ccc2C)S(C)(=O)=O)c1. The molecule has 0 bridgehead atoms. The molecule has 0 aliphatic carbocycles. The first-order chi connectivity index (χ1) is 13.7. The summed E-state index contributed by atoms with van der Waals surface area (Å²) in [6, 6.07) is 11.5. The number of hydrogen-bond donors (Lipinski definition) is 1. The molecule has 2 aromatic carbocycles. The van der Waals surface area contributed by atoms with Crippen LogP contribution < -0.4 is 14.4 Å². The van der Waals surface area contributed by atoms with E-state index in [9.17, 15) is 13.2 Å². The predicted molar refractivity (Wildman–Crippen MR) is 117 cm³/mol. The van der Waals surface area contributed by atoms with Gasteiger partial charge in [-0.15, -0.1) is 0 Å². The maximum absolute atomic E-state index is 12.9. The normalized spacial score (nSPS) is 12.3. The van der Waals surface area contributed by atoms with Crippen molar-refractivity contribution in [2.45, 2.75) is 39.8 Å². The molecule has 1 unspecified atom stereocenters. The zero-order valence-corrected chi connectivity index (χ0v) is 18.7. The van der Waals surface area contributed by atoms with E-state index in [2.05, 4.69) is 5.32 Å². The zero-order valence-electron chi connectivity index (χ0n) is 17.1. The van der Waals surface area contributed by atoms with Crippen LogP contribution in [-0.2, 0) is 21.4 Å². The van der Waals surface area contributed by atoms with Gasteiger partial charge in [0.1, 0.15) is 11.8 Å². The van der Waals surface area contributed by atoms with Gasteiger partial charge in [0.2, 0.25) is 15.9 Å². The van der Waals surface area contributed by atoms with Gasteiger partial charge in [-0.3, -0.25) is 9.10 Å². The molecule has 0 saturated carbocycles. The fraction of sp³-hybridized carbons (Fsp3) is 0.381. The summed E-state index contributed by atoms with van der Waals surface area (Å²) in [4.78, 5) is 12.9. The van der Waals surface area contributed by atoms with Gasteiger partial charge in [-0.25, -0.2) is 8.42 Å². The molecule has 2 rings (SSSR count). The Hall–Kier alpha value is -2.25. The van der Waals surface area contributed by atoms with Crippen molar-refractivity contribution >= 4 is 33.2 Å². The Morgan fingerprint density at radius 3 is 2.55 bits per heavy atom. The number of nitrogens with one attached hydrogen (secondary N) is 1. The van der Waals surface area contributed by atoms with Gasteiger partial charge < -0.3 is 10.1 Å². The third-order valence-electron chi connectivity index (χ3n) is 4.41. The third kappa shape index (κ3) is 6.11. The highest BCUT2D eigenvalue weighted by Crippen LogP contribution is 2.29. The molecule has 8 heteroatoms. The third-order valence-corrected chi connectivity index (χ3v) is 5.82. The average molecular weight is 439 g/mol. The molecule has 0 saturated heterocycles. The number of hydrogen-bond acceptors (Lipinski definition) is 4. The monoisotopic (exact) mass is 438 g/mol. The number of sulfonamides is 1. The first kappa shape index (κ1) is 23.0.